The van der Waals surface area contributed by atoms with Crippen LogP contribution >= 0.6 is 0 Å². The number of sulfonamides is 1. The number of hydrogen-bond acceptors (Lipinski definition) is 4. The molecule has 0 amide bonds. The van der Waals surface area contributed by atoms with Crippen molar-refractivity contribution in [2.45, 2.75) is 51.7 Å². The first kappa shape index (κ1) is 15.7. The minimum Gasteiger partial charge on any atom is -0.328 e. The zero-order valence-corrected chi connectivity index (χ0v) is 13.4. The summed E-state index contributed by atoms with van der Waals surface area (Å²) in [6.45, 7) is 7.32. The number of hydrogen-bond donors (Lipinski definition) is 1. The molecule has 0 spiro atoms. The second-order valence-electron chi connectivity index (χ2n) is 4.82. The molecule has 0 bridgehead atoms. The third-order valence-corrected chi connectivity index (χ3v) is 4.13. The maximum atomic E-state index is 11.4. The largest absolute Gasteiger partial charge is 0.328 e. The molecule has 7 nitrogen and oxygen atoms in total. The van der Waals surface area contributed by atoms with Crippen molar-refractivity contribution < 1.29 is 8.42 Å². The fraction of sp³-hybridized carbons (Fsp3) is 0.538. The Kier molecular flexibility index (Phi) is 4.48. The summed E-state index contributed by atoms with van der Waals surface area (Å²) in [5.74, 6) is 0.695. The van der Waals surface area contributed by atoms with Crippen molar-refractivity contribution in [1.29, 1.82) is 0 Å². The molecule has 0 atom stereocenters. The zero-order chi connectivity index (χ0) is 15.6. The highest BCUT2D eigenvalue weighted by Crippen LogP contribution is 2.13. The molecule has 0 aromatic carbocycles. The van der Waals surface area contributed by atoms with E-state index >= 15 is 0 Å². The van der Waals surface area contributed by atoms with Crippen LogP contribution < -0.4 is 5.14 Å². The predicted octanol–water partition coefficient (Wildman–Crippen LogP) is 0.920. The Morgan fingerprint density at radius 3 is 2.48 bits per heavy atom. The molecule has 2 aromatic heterocycles. The van der Waals surface area contributed by atoms with Gasteiger partial charge in [0, 0.05) is 19.2 Å². The van der Waals surface area contributed by atoms with E-state index in [1.165, 1.54) is 6.20 Å². The third-order valence-electron chi connectivity index (χ3n) is 3.35. The van der Waals surface area contributed by atoms with E-state index in [4.69, 9.17) is 5.14 Å². The van der Waals surface area contributed by atoms with Crippen LogP contribution in [0.5, 0.6) is 0 Å². The van der Waals surface area contributed by atoms with Crippen molar-refractivity contribution in [3.8, 4) is 0 Å². The van der Waals surface area contributed by atoms with Crippen LogP contribution in [0.2, 0.25) is 0 Å². The van der Waals surface area contributed by atoms with Gasteiger partial charge in [0.2, 0.25) is 0 Å². The van der Waals surface area contributed by atoms with Gasteiger partial charge in [0.25, 0.3) is 10.0 Å². The molecule has 0 saturated carbocycles. The van der Waals surface area contributed by atoms with Crippen LogP contribution in [0.15, 0.2) is 17.3 Å². The van der Waals surface area contributed by atoms with Crippen molar-refractivity contribution in [2.24, 2.45) is 5.14 Å². The first-order chi connectivity index (χ1) is 9.88. The lowest BCUT2D eigenvalue weighted by molar-refractivity contribution is 0.587. The van der Waals surface area contributed by atoms with Crippen LogP contribution in [0.1, 0.15) is 38.0 Å². The molecule has 2 rings (SSSR count). The van der Waals surface area contributed by atoms with Gasteiger partial charge < -0.3 is 4.57 Å². The van der Waals surface area contributed by atoms with Crippen LogP contribution in [0, 0.1) is 0 Å². The van der Waals surface area contributed by atoms with E-state index in [1.54, 1.807) is 0 Å². The summed E-state index contributed by atoms with van der Waals surface area (Å²) < 4.78 is 26.6. The predicted molar refractivity (Wildman–Crippen MR) is 79.4 cm³/mol. The minimum atomic E-state index is -3.78. The average Bonchev–Trinajstić information content (AvgIpc) is 3.02. The van der Waals surface area contributed by atoms with Gasteiger partial charge in [-0.2, -0.15) is 5.10 Å². The van der Waals surface area contributed by atoms with Gasteiger partial charge in [0.1, 0.15) is 5.82 Å². The summed E-state index contributed by atoms with van der Waals surface area (Å²) in [6, 6.07) is 2.04. The van der Waals surface area contributed by atoms with Gasteiger partial charge >= 0.3 is 0 Å². The number of nitrogens with two attached hydrogens (primary N) is 1. The van der Waals surface area contributed by atoms with Crippen LogP contribution in [0.25, 0.3) is 0 Å². The molecular weight excluding hydrogens is 290 g/mol. The summed E-state index contributed by atoms with van der Waals surface area (Å²) in [6.07, 6.45) is 3.00. The number of primary sulfonamides is 1. The lowest BCUT2D eigenvalue weighted by atomic mass is 10.3. The van der Waals surface area contributed by atoms with Crippen molar-refractivity contribution >= 4 is 10.0 Å². The van der Waals surface area contributed by atoms with Gasteiger partial charge in [-0.15, -0.1) is 0 Å². The first-order valence-electron chi connectivity index (χ1n) is 7.03. The van der Waals surface area contributed by atoms with E-state index in [2.05, 4.69) is 17.0 Å². The highest BCUT2D eigenvalue weighted by atomic mass is 32.2. The molecule has 2 N–H and O–H groups in total. The van der Waals surface area contributed by atoms with Crippen molar-refractivity contribution in [3.63, 3.8) is 0 Å². The molecule has 0 saturated heterocycles. The van der Waals surface area contributed by atoms with E-state index in [0.717, 1.165) is 24.4 Å². The maximum Gasteiger partial charge on any atom is 0.257 e. The van der Waals surface area contributed by atoms with Gasteiger partial charge in [-0.25, -0.2) is 18.5 Å². The van der Waals surface area contributed by atoms with Crippen molar-refractivity contribution in [2.75, 3.05) is 0 Å². The smallest absolute Gasteiger partial charge is 0.257 e. The Bertz CT molecular complexity index is 730. The Morgan fingerprint density at radius 1 is 1.24 bits per heavy atom. The summed E-state index contributed by atoms with van der Waals surface area (Å²) in [5, 5.41) is 9.56. The Labute approximate surface area is 124 Å². The highest BCUT2D eigenvalue weighted by molar-refractivity contribution is 7.89. The molecule has 21 heavy (non-hydrogen) atoms. The van der Waals surface area contributed by atoms with Gasteiger partial charge in [-0.1, -0.05) is 13.8 Å². The number of rotatable bonds is 6. The van der Waals surface area contributed by atoms with E-state index in [0.29, 0.717) is 18.8 Å². The quantitative estimate of drug-likeness (QED) is 0.858. The van der Waals surface area contributed by atoms with Gasteiger partial charge in [-0.3, -0.25) is 4.68 Å². The van der Waals surface area contributed by atoms with E-state index in [9.17, 15) is 8.42 Å². The van der Waals surface area contributed by atoms with Crippen LogP contribution in [0.3, 0.4) is 0 Å². The molecule has 0 aliphatic carbocycles. The monoisotopic (exact) mass is 311 g/mol. The van der Waals surface area contributed by atoms with Crippen LogP contribution in [0.4, 0.5) is 0 Å². The molecule has 0 aliphatic heterocycles. The second kappa shape index (κ2) is 5.98. The molecule has 116 valence electrons. The van der Waals surface area contributed by atoms with Crippen LogP contribution in [-0.4, -0.2) is 27.7 Å². The number of aryl methyl sites for hydroxylation is 3. The SMILES string of the molecule is CCc1cc(Cn2cc(S(N)(=O)=O)nc2CC)n(CC)n1. The topological polar surface area (TPSA) is 95.8 Å². The molecule has 0 radical (unpaired) electrons. The highest BCUT2D eigenvalue weighted by Gasteiger charge is 2.16. The Balaban J connectivity index is 2.39. The standard InChI is InChI=1S/C13H21N5O2S/c1-4-10-7-11(18(6-3)16-10)8-17-9-13(21(14,19)20)15-12(17)5-2/h7,9H,4-6,8H2,1-3H3,(H2,14,19,20). The average molecular weight is 311 g/mol. The van der Waals surface area contributed by atoms with E-state index in [-0.39, 0.29) is 5.03 Å². The van der Waals surface area contributed by atoms with Crippen LogP contribution in [-0.2, 0) is 36.0 Å². The summed E-state index contributed by atoms with van der Waals surface area (Å²) in [7, 11) is -3.78. The van der Waals surface area contributed by atoms with Crippen molar-refractivity contribution in [1.82, 2.24) is 19.3 Å². The molecule has 0 unspecified atom stereocenters. The summed E-state index contributed by atoms with van der Waals surface area (Å²) in [4.78, 5) is 4.10. The summed E-state index contributed by atoms with van der Waals surface area (Å²) >= 11 is 0. The number of nitrogens with zero attached hydrogens (tertiary/aromatic N) is 4. The fourth-order valence-corrected chi connectivity index (χ4v) is 2.75. The van der Waals surface area contributed by atoms with E-state index < -0.39 is 10.0 Å². The van der Waals surface area contributed by atoms with E-state index in [1.807, 2.05) is 29.2 Å². The maximum absolute atomic E-state index is 11.4. The van der Waals surface area contributed by atoms with Gasteiger partial charge in [0.05, 0.1) is 17.9 Å². The lowest BCUT2D eigenvalue weighted by Crippen LogP contribution is -2.12. The molecule has 8 heteroatoms. The van der Waals surface area contributed by atoms with Gasteiger partial charge in [-0.05, 0) is 19.4 Å². The second-order valence-corrected chi connectivity index (χ2v) is 6.33. The first-order valence-corrected chi connectivity index (χ1v) is 8.58. The zero-order valence-electron chi connectivity index (χ0n) is 12.6. The minimum absolute atomic E-state index is 0.0855. The number of imidazole rings is 1. The lowest BCUT2D eigenvalue weighted by Gasteiger charge is -2.07. The van der Waals surface area contributed by atoms with Crippen molar-refractivity contribution in [3.05, 3.63) is 29.5 Å². The Morgan fingerprint density at radius 2 is 1.95 bits per heavy atom. The number of aromatic nitrogens is 4. The fourth-order valence-electron chi connectivity index (χ4n) is 2.25. The third kappa shape index (κ3) is 3.33. The van der Waals surface area contributed by atoms with Gasteiger partial charge in [0.15, 0.2) is 5.03 Å². The molecule has 2 aromatic rings. The molecule has 0 fully saturated rings. The summed E-state index contributed by atoms with van der Waals surface area (Å²) in [5.41, 5.74) is 2.05. The Hall–Kier alpha value is -1.67. The normalized spacial score (nSPS) is 12.0. The molecular formula is C13H21N5O2S. The molecule has 2 heterocycles. The molecule has 0 aliphatic rings.